The van der Waals surface area contributed by atoms with Crippen LogP contribution in [0.2, 0.25) is 0 Å². The summed E-state index contributed by atoms with van der Waals surface area (Å²) in [6.45, 7) is 7.35. The number of benzene rings is 3. The molecule has 0 radical (unpaired) electrons. The molecule has 3 aromatic rings. The van der Waals surface area contributed by atoms with Gasteiger partial charge in [0.15, 0.2) is 11.5 Å². The molecule has 0 aliphatic carbocycles. The van der Waals surface area contributed by atoms with E-state index in [1.807, 2.05) is 36.4 Å². The standard InChI is InChI=1S/C28H26N4O3/c1-3-32(4-2)16-18-5-9-21(10-6-18)30-27(20-8-12-24-25(14-20)35-17-34-24)26-22-11-7-19(15-29)13-23(22)31-28(26)33/h5-14,26H,3-4,16-17H2,1-2H3,(H,31,33). The van der Waals surface area contributed by atoms with Gasteiger partial charge in [-0.25, -0.2) is 0 Å². The molecule has 1 atom stereocenters. The predicted molar refractivity (Wildman–Crippen MR) is 134 cm³/mol. The van der Waals surface area contributed by atoms with Gasteiger partial charge in [-0.3, -0.25) is 14.7 Å². The van der Waals surface area contributed by atoms with Crippen molar-refractivity contribution in [2.75, 3.05) is 25.2 Å². The molecule has 0 saturated carbocycles. The Balaban J connectivity index is 1.56. The summed E-state index contributed by atoms with van der Waals surface area (Å²) in [5, 5.41) is 12.2. The lowest BCUT2D eigenvalue weighted by Gasteiger charge is -2.18. The second kappa shape index (κ2) is 9.61. The van der Waals surface area contributed by atoms with Crippen molar-refractivity contribution in [2.45, 2.75) is 26.3 Å². The molecule has 0 spiro atoms. The first kappa shape index (κ1) is 22.6. The summed E-state index contributed by atoms with van der Waals surface area (Å²) < 4.78 is 11.1. The normalized spacial score (nSPS) is 16.2. The molecule has 7 nitrogen and oxygen atoms in total. The molecule has 35 heavy (non-hydrogen) atoms. The molecule has 5 rings (SSSR count). The van der Waals surface area contributed by atoms with Crippen LogP contribution in [0.4, 0.5) is 11.4 Å². The van der Waals surface area contributed by atoms with Gasteiger partial charge in [0.2, 0.25) is 12.7 Å². The Labute approximate surface area is 204 Å². The molecule has 0 aromatic heterocycles. The first-order valence-corrected chi connectivity index (χ1v) is 11.7. The number of anilines is 1. The van der Waals surface area contributed by atoms with Crippen molar-refractivity contribution in [3.63, 3.8) is 0 Å². The number of carbonyl (C=O) groups excluding carboxylic acids is 1. The third kappa shape index (κ3) is 4.48. The SMILES string of the molecule is CCN(CC)Cc1ccc(N=C(c2ccc3c(c2)OCO3)C2C(=O)Nc3cc(C#N)ccc32)cc1. The van der Waals surface area contributed by atoms with Crippen LogP contribution in [0, 0.1) is 11.3 Å². The second-order valence-corrected chi connectivity index (χ2v) is 8.53. The van der Waals surface area contributed by atoms with E-state index in [0.717, 1.165) is 36.4 Å². The van der Waals surface area contributed by atoms with E-state index in [-0.39, 0.29) is 12.7 Å². The van der Waals surface area contributed by atoms with Gasteiger partial charge in [0.05, 0.1) is 23.0 Å². The Morgan fingerprint density at radius 3 is 2.57 bits per heavy atom. The van der Waals surface area contributed by atoms with Gasteiger partial charge in [0, 0.05) is 17.8 Å². The van der Waals surface area contributed by atoms with E-state index in [0.29, 0.717) is 28.5 Å². The van der Waals surface area contributed by atoms with Crippen LogP contribution < -0.4 is 14.8 Å². The third-order valence-corrected chi connectivity index (χ3v) is 6.44. The molecule has 0 saturated heterocycles. The number of hydrogen-bond donors (Lipinski definition) is 1. The van der Waals surface area contributed by atoms with Crippen molar-refractivity contribution in [3.05, 3.63) is 82.9 Å². The van der Waals surface area contributed by atoms with Crippen LogP contribution in [0.15, 0.2) is 65.7 Å². The van der Waals surface area contributed by atoms with Gasteiger partial charge in [-0.15, -0.1) is 0 Å². The Morgan fingerprint density at radius 1 is 1.06 bits per heavy atom. The number of hydrogen-bond acceptors (Lipinski definition) is 6. The lowest BCUT2D eigenvalue weighted by molar-refractivity contribution is -0.115. The second-order valence-electron chi connectivity index (χ2n) is 8.53. The minimum atomic E-state index is -0.617. The molecule has 1 unspecified atom stereocenters. The molecular formula is C28H26N4O3. The fourth-order valence-electron chi connectivity index (χ4n) is 4.48. The minimum absolute atomic E-state index is 0.170. The van der Waals surface area contributed by atoms with Crippen molar-refractivity contribution >= 4 is 23.0 Å². The molecule has 176 valence electrons. The van der Waals surface area contributed by atoms with Crippen LogP contribution in [0.25, 0.3) is 0 Å². The van der Waals surface area contributed by atoms with E-state index in [2.05, 4.69) is 42.3 Å². The average molecular weight is 467 g/mol. The highest BCUT2D eigenvalue weighted by molar-refractivity contribution is 6.24. The summed E-state index contributed by atoms with van der Waals surface area (Å²) >= 11 is 0. The average Bonchev–Trinajstić information content (AvgIpc) is 3.49. The van der Waals surface area contributed by atoms with Crippen LogP contribution in [-0.4, -0.2) is 36.4 Å². The summed E-state index contributed by atoms with van der Waals surface area (Å²) in [7, 11) is 0. The van der Waals surface area contributed by atoms with Gasteiger partial charge in [-0.2, -0.15) is 5.26 Å². The summed E-state index contributed by atoms with van der Waals surface area (Å²) in [6.07, 6.45) is 0. The molecular weight excluding hydrogens is 440 g/mol. The smallest absolute Gasteiger partial charge is 0.238 e. The number of amides is 1. The molecule has 1 amide bonds. The molecule has 0 fully saturated rings. The number of ether oxygens (including phenoxy) is 2. The first-order chi connectivity index (χ1) is 17.1. The van der Waals surface area contributed by atoms with E-state index in [4.69, 9.17) is 14.5 Å². The highest BCUT2D eigenvalue weighted by Crippen LogP contribution is 2.39. The Morgan fingerprint density at radius 2 is 1.83 bits per heavy atom. The zero-order valence-electron chi connectivity index (χ0n) is 19.7. The fourth-order valence-corrected chi connectivity index (χ4v) is 4.48. The summed E-state index contributed by atoms with van der Waals surface area (Å²) in [5.41, 5.74) is 5.29. The number of nitrogens with zero attached hydrogens (tertiary/aromatic N) is 3. The Hall–Kier alpha value is -4.15. The van der Waals surface area contributed by atoms with E-state index < -0.39 is 5.92 Å². The van der Waals surface area contributed by atoms with Crippen LogP contribution in [0.3, 0.4) is 0 Å². The third-order valence-electron chi connectivity index (χ3n) is 6.44. The van der Waals surface area contributed by atoms with Crippen molar-refractivity contribution in [3.8, 4) is 17.6 Å². The lowest BCUT2D eigenvalue weighted by Crippen LogP contribution is -2.22. The molecule has 2 heterocycles. The number of nitrogens with one attached hydrogen (secondary N) is 1. The molecule has 7 heteroatoms. The number of fused-ring (bicyclic) bond motifs is 2. The highest BCUT2D eigenvalue weighted by atomic mass is 16.7. The summed E-state index contributed by atoms with van der Waals surface area (Å²) in [6, 6.07) is 21.1. The quantitative estimate of drug-likeness (QED) is 0.496. The maximum Gasteiger partial charge on any atom is 0.238 e. The first-order valence-electron chi connectivity index (χ1n) is 11.7. The van der Waals surface area contributed by atoms with Crippen LogP contribution in [0.5, 0.6) is 11.5 Å². The molecule has 1 N–H and O–H groups in total. The zero-order chi connectivity index (χ0) is 24.4. The largest absolute Gasteiger partial charge is 0.454 e. The van der Waals surface area contributed by atoms with Gasteiger partial charge in [-0.1, -0.05) is 32.0 Å². The summed E-state index contributed by atoms with van der Waals surface area (Å²) in [5.74, 6) is 0.505. The fraction of sp³-hybridized carbons (Fsp3) is 0.250. The van der Waals surface area contributed by atoms with Gasteiger partial charge in [0.25, 0.3) is 0 Å². The lowest BCUT2D eigenvalue weighted by atomic mass is 9.90. The van der Waals surface area contributed by atoms with E-state index in [1.165, 1.54) is 5.56 Å². The zero-order valence-corrected chi connectivity index (χ0v) is 19.7. The Kier molecular flexibility index (Phi) is 6.21. The van der Waals surface area contributed by atoms with Crippen LogP contribution in [-0.2, 0) is 11.3 Å². The summed E-state index contributed by atoms with van der Waals surface area (Å²) in [4.78, 5) is 20.5. The van der Waals surface area contributed by atoms with Crippen LogP contribution in [0.1, 0.15) is 42.0 Å². The molecule has 2 aliphatic rings. The van der Waals surface area contributed by atoms with Crippen molar-refractivity contribution in [1.82, 2.24) is 4.90 Å². The Bertz CT molecular complexity index is 1340. The van der Waals surface area contributed by atoms with Crippen molar-refractivity contribution < 1.29 is 14.3 Å². The van der Waals surface area contributed by atoms with E-state index >= 15 is 0 Å². The van der Waals surface area contributed by atoms with Gasteiger partial charge < -0.3 is 14.8 Å². The van der Waals surface area contributed by atoms with Crippen molar-refractivity contribution in [2.24, 2.45) is 4.99 Å². The van der Waals surface area contributed by atoms with Crippen molar-refractivity contribution in [1.29, 1.82) is 5.26 Å². The maximum absolute atomic E-state index is 13.2. The molecule has 0 bridgehead atoms. The number of rotatable bonds is 7. The topological polar surface area (TPSA) is 87.0 Å². The van der Waals surface area contributed by atoms with E-state index in [1.54, 1.807) is 12.1 Å². The number of nitriles is 1. The monoisotopic (exact) mass is 466 g/mol. The highest BCUT2D eigenvalue weighted by Gasteiger charge is 2.36. The molecule has 3 aromatic carbocycles. The predicted octanol–water partition coefficient (Wildman–Crippen LogP) is 4.99. The minimum Gasteiger partial charge on any atom is -0.454 e. The maximum atomic E-state index is 13.2. The number of carbonyl (C=O) groups is 1. The van der Waals surface area contributed by atoms with Gasteiger partial charge in [0.1, 0.15) is 5.92 Å². The molecule has 2 aliphatic heterocycles. The van der Waals surface area contributed by atoms with Gasteiger partial charge >= 0.3 is 0 Å². The van der Waals surface area contributed by atoms with Crippen LogP contribution >= 0.6 is 0 Å². The number of aliphatic imine (C=N–C) groups is 1. The van der Waals surface area contributed by atoms with E-state index in [9.17, 15) is 10.1 Å². The van der Waals surface area contributed by atoms with Gasteiger partial charge in [-0.05, 0) is 66.7 Å².